The van der Waals surface area contributed by atoms with Crippen LogP contribution < -0.4 is 10.0 Å². The van der Waals surface area contributed by atoms with Gasteiger partial charge in [-0.05, 0) is 49.7 Å². The smallest absolute Gasteiger partial charge is 0.247 e. The summed E-state index contributed by atoms with van der Waals surface area (Å²) < 4.78 is 31.2. The average molecular weight is 414 g/mol. The van der Waals surface area contributed by atoms with Crippen LogP contribution in [0.15, 0.2) is 59.0 Å². The van der Waals surface area contributed by atoms with Crippen molar-refractivity contribution in [3.63, 3.8) is 0 Å². The Morgan fingerprint density at radius 3 is 2.38 bits per heavy atom. The number of carbonyl (C=O) groups excluding carboxylic acids is 1. The van der Waals surface area contributed by atoms with Gasteiger partial charge in [0.05, 0.1) is 5.75 Å². The molecule has 0 radical (unpaired) electrons. The van der Waals surface area contributed by atoms with Crippen LogP contribution in [0.2, 0.25) is 0 Å². The molecule has 3 aromatic rings. The van der Waals surface area contributed by atoms with Gasteiger partial charge >= 0.3 is 0 Å². The molecule has 1 amide bonds. The maximum atomic E-state index is 12.1. The lowest BCUT2D eigenvalue weighted by atomic mass is 10.2. The lowest BCUT2D eigenvalue weighted by molar-refractivity contribution is -0.116. The van der Waals surface area contributed by atoms with Gasteiger partial charge in [-0.2, -0.15) is 0 Å². The minimum absolute atomic E-state index is 0.00161. The highest BCUT2D eigenvalue weighted by molar-refractivity contribution is 7.92. The fourth-order valence-electron chi connectivity index (χ4n) is 2.55. The summed E-state index contributed by atoms with van der Waals surface area (Å²) in [7, 11) is -3.32. The molecule has 0 bridgehead atoms. The summed E-state index contributed by atoms with van der Waals surface area (Å²) in [4.78, 5) is 12.1. The van der Waals surface area contributed by atoms with Gasteiger partial charge in [-0.15, -0.1) is 10.2 Å². The highest BCUT2D eigenvalue weighted by atomic mass is 32.2. The van der Waals surface area contributed by atoms with Crippen LogP contribution in [-0.2, 0) is 21.2 Å². The first-order chi connectivity index (χ1) is 13.9. The zero-order valence-electron chi connectivity index (χ0n) is 16.0. The second-order valence-corrected chi connectivity index (χ2v) is 8.36. The van der Waals surface area contributed by atoms with Crippen LogP contribution in [0.1, 0.15) is 25.7 Å². The Balaban J connectivity index is 1.45. The molecule has 0 aliphatic heterocycles. The molecule has 29 heavy (non-hydrogen) atoms. The van der Waals surface area contributed by atoms with Crippen LogP contribution in [-0.4, -0.2) is 30.3 Å². The number of anilines is 2. The van der Waals surface area contributed by atoms with E-state index in [-0.39, 0.29) is 11.7 Å². The van der Waals surface area contributed by atoms with Crippen LogP contribution in [0, 0.1) is 0 Å². The molecule has 8 nitrogen and oxygen atoms in total. The van der Waals surface area contributed by atoms with E-state index < -0.39 is 10.0 Å². The highest BCUT2D eigenvalue weighted by Gasteiger charge is 2.10. The zero-order chi connectivity index (χ0) is 20.7. The molecule has 0 saturated carbocycles. The Morgan fingerprint density at radius 1 is 1.00 bits per heavy atom. The molecule has 1 heterocycles. The molecule has 1 aromatic heterocycles. The number of nitrogens with zero attached hydrogens (tertiary/aromatic N) is 2. The summed E-state index contributed by atoms with van der Waals surface area (Å²) in [5, 5.41) is 10.8. The second kappa shape index (κ2) is 9.33. The van der Waals surface area contributed by atoms with E-state index in [0.29, 0.717) is 42.4 Å². The first kappa shape index (κ1) is 20.5. The summed E-state index contributed by atoms with van der Waals surface area (Å²) >= 11 is 0. The lowest BCUT2D eigenvalue weighted by Gasteiger charge is -2.08. The average Bonchev–Trinajstić information content (AvgIpc) is 3.19. The molecule has 0 spiro atoms. The fourth-order valence-corrected chi connectivity index (χ4v) is 3.19. The van der Waals surface area contributed by atoms with Crippen molar-refractivity contribution in [2.75, 3.05) is 15.8 Å². The maximum Gasteiger partial charge on any atom is 0.247 e. The number of carbonyl (C=O) groups is 1. The Hall–Kier alpha value is -3.20. The first-order valence-electron chi connectivity index (χ1n) is 9.23. The van der Waals surface area contributed by atoms with E-state index in [2.05, 4.69) is 20.2 Å². The molecule has 3 rings (SSSR count). The largest absolute Gasteiger partial charge is 0.421 e. The van der Waals surface area contributed by atoms with Crippen molar-refractivity contribution in [1.29, 1.82) is 0 Å². The molecule has 0 aliphatic rings. The van der Waals surface area contributed by atoms with E-state index in [4.69, 9.17) is 4.42 Å². The number of aromatic nitrogens is 2. The number of benzene rings is 2. The van der Waals surface area contributed by atoms with Crippen LogP contribution >= 0.6 is 0 Å². The second-order valence-electron chi connectivity index (χ2n) is 6.35. The molecule has 0 aliphatic carbocycles. The molecule has 2 N–H and O–H groups in total. The van der Waals surface area contributed by atoms with Crippen molar-refractivity contribution >= 4 is 27.3 Å². The normalized spacial score (nSPS) is 11.2. The van der Waals surface area contributed by atoms with Crippen LogP contribution in [0.3, 0.4) is 0 Å². The third-order valence-corrected chi connectivity index (χ3v) is 5.41. The van der Waals surface area contributed by atoms with Gasteiger partial charge < -0.3 is 9.73 Å². The number of amides is 1. The van der Waals surface area contributed by atoms with Gasteiger partial charge in [0.15, 0.2) is 0 Å². The minimum atomic E-state index is -3.32. The number of hydrogen-bond donors (Lipinski definition) is 2. The summed E-state index contributed by atoms with van der Waals surface area (Å²) in [6, 6.07) is 16.0. The predicted molar refractivity (Wildman–Crippen MR) is 111 cm³/mol. The minimum Gasteiger partial charge on any atom is -0.421 e. The zero-order valence-corrected chi connectivity index (χ0v) is 16.8. The van der Waals surface area contributed by atoms with Gasteiger partial charge in [-0.3, -0.25) is 9.52 Å². The third kappa shape index (κ3) is 6.15. The molecule has 0 fully saturated rings. The van der Waals surface area contributed by atoms with Gasteiger partial charge in [0.2, 0.25) is 27.7 Å². The highest BCUT2D eigenvalue weighted by Crippen LogP contribution is 2.18. The van der Waals surface area contributed by atoms with Gasteiger partial charge in [0.25, 0.3) is 0 Å². The molecule has 0 unspecified atom stereocenters. The van der Waals surface area contributed by atoms with E-state index in [1.165, 1.54) is 0 Å². The van der Waals surface area contributed by atoms with Crippen molar-refractivity contribution in [3.8, 4) is 11.5 Å². The summed E-state index contributed by atoms with van der Waals surface area (Å²) in [6.07, 6.45) is 1.37. The first-order valence-corrected chi connectivity index (χ1v) is 10.9. The number of rotatable bonds is 9. The van der Waals surface area contributed by atoms with E-state index in [9.17, 15) is 13.2 Å². The number of aryl methyl sites for hydroxylation is 1. The van der Waals surface area contributed by atoms with Crippen molar-refractivity contribution in [3.05, 3.63) is 60.5 Å². The van der Waals surface area contributed by atoms with Crippen molar-refractivity contribution < 1.29 is 17.6 Å². The van der Waals surface area contributed by atoms with Gasteiger partial charge in [-0.25, -0.2) is 8.42 Å². The predicted octanol–water partition coefficient (Wildman–Crippen LogP) is 3.46. The molecular weight excluding hydrogens is 392 g/mol. The van der Waals surface area contributed by atoms with Crippen LogP contribution in [0.25, 0.3) is 11.5 Å². The van der Waals surface area contributed by atoms with Crippen molar-refractivity contribution in [2.24, 2.45) is 0 Å². The Morgan fingerprint density at radius 2 is 1.69 bits per heavy atom. The van der Waals surface area contributed by atoms with Gasteiger partial charge in [-0.1, -0.05) is 18.2 Å². The van der Waals surface area contributed by atoms with E-state index in [0.717, 1.165) is 5.56 Å². The number of nitrogens with one attached hydrogen (secondary N) is 2. The number of sulfonamides is 1. The Bertz CT molecular complexity index is 1050. The summed E-state index contributed by atoms with van der Waals surface area (Å²) in [5.74, 6) is 0.806. The van der Waals surface area contributed by atoms with E-state index in [1.54, 1.807) is 31.2 Å². The van der Waals surface area contributed by atoms with Gasteiger partial charge in [0.1, 0.15) is 0 Å². The summed E-state index contributed by atoms with van der Waals surface area (Å²) in [6.45, 7) is 1.56. The quantitative estimate of drug-likeness (QED) is 0.554. The van der Waals surface area contributed by atoms with Crippen molar-refractivity contribution in [1.82, 2.24) is 10.2 Å². The van der Waals surface area contributed by atoms with Crippen LogP contribution in [0.5, 0.6) is 0 Å². The monoisotopic (exact) mass is 414 g/mol. The summed E-state index contributed by atoms with van der Waals surface area (Å²) in [5.41, 5.74) is 1.91. The van der Waals surface area contributed by atoms with E-state index in [1.807, 2.05) is 30.3 Å². The molecule has 0 atom stereocenters. The maximum absolute atomic E-state index is 12.1. The van der Waals surface area contributed by atoms with Crippen molar-refractivity contribution in [2.45, 2.75) is 26.2 Å². The topological polar surface area (TPSA) is 114 Å². The van der Waals surface area contributed by atoms with Crippen LogP contribution in [0.4, 0.5) is 11.4 Å². The Kier molecular flexibility index (Phi) is 6.61. The molecule has 9 heteroatoms. The third-order valence-electron chi connectivity index (χ3n) is 4.10. The van der Waals surface area contributed by atoms with Gasteiger partial charge in [0, 0.05) is 29.8 Å². The molecular formula is C20H22N4O4S. The SMILES string of the molecule is CCS(=O)(=O)Nc1ccc(NC(=O)CCCc2nnc(-c3ccccc3)o2)cc1. The lowest BCUT2D eigenvalue weighted by Crippen LogP contribution is -2.15. The number of hydrogen-bond acceptors (Lipinski definition) is 6. The molecule has 0 saturated heterocycles. The van der Waals surface area contributed by atoms with E-state index >= 15 is 0 Å². The Labute approximate surface area is 169 Å². The molecule has 152 valence electrons. The standard InChI is InChI=1S/C20H22N4O4S/c1-2-29(26,27)24-17-13-11-16(12-14-17)21-18(25)9-6-10-19-22-23-20(28-19)15-7-4-3-5-8-15/h3-5,7-8,11-14,24H,2,6,9-10H2,1H3,(H,21,25). The fraction of sp³-hybridized carbons (Fsp3) is 0.250. The molecule has 2 aromatic carbocycles.